The summed E-state index contributed by atoms with van der Waals surface area (Å²) in [5.74, 6) is 0.870. The normalized spacial score (nSPS) is 25.9. The fourth-order valence-electron chi connectivity index (χ4n) is 3.27. The lowest BCUT2D eigenvalue weighted by Crippen LogP contribution is -2.36. The van der Waals surface area contributed by atoms with E-state index in [1.165, 1.54) is 0 Å². The standard InChI is InChI=1S/C19H24N4O2/c1-19(7-11-25-13-19)23-18-17(21-15-6-10-24-12-15)3-2-16(22-18)14-4-8-20-9-5-14/h2-5,8-9,15,21H,6-7,10-13H2,1H3,(H,22,23). The van der Waals surface area contributed by atoms with Crippen LogP contribution < -0.4 is 10.6 Å². The molecule has 2 unspecified atom stereocenters. The maximum Gasteiger partial charge on any atom is 0.150 e. The molecule has 25 heavy (non-hydrogen) atoms. The molecule has 6 nitrogen and oxygen atoms in total. The second-order valence-corrected chi connectivity index (χ2v) is 7.02. The van der Waals surface area contributed by atoms with E-state index >= 15 is 0 Å². The van der Waals surface area contributed by atoms with Crippen LogP contribution in [-0.2, 0) is 9.47 Å². The van der Waals surface area contributed by atoms with Crippen molar-refractivity contribution in [2.45, 2.75) is 31.3 Å². The molecule has 2 aliphatic heterocycles. The first kappa shape index (κ1) is 16.3. The second-order valence-electron chi connectivity index (χ2n) is 7.02. The highest BCUT2D eigenvalue weighted by Crippen LogP contribution is 2.31. The van der Waals surface area contributed by atoms with E-state index in [1.54, 1.807) is 12.4 Å². The third-order valence-electron chi connectivity index (χ3n) is 4.80. The molecule has 0 amide bonds. The Labute approximate surface area is 148 Å². The Morgan fingerprint density at radius 2 is 2.00 bits per heavy atom. The minimum absolute atomic E-state index is 0.0908. The van der Waals surface area contributed by atoms with Crippen molar-refractivity contribution in [2.24, 2.45) is 0 Å². The molecule has 2 aliphatic rings. The SMILES string of the molecule is CC1(Nc2nc(-c3ccncc3)ccc2NC2CCOC2)CCOC1. The molecule has 2 aromatic rings. The van der Waals surface area contributed by atoms with Crippen LogP contribution in [0.4, 0.5) is 11.5 Å². The molecule has 132 valence electrons. The second kappa shape index (κ2) is 6.98. The molecule has 4 rings (SSSR count). The number of anilines is 2. The Hall–Kier alpha value is -2.18. The van der Waals surface area contributed by atoms with E-state index in [9.17, 15) is 0 Å². The van der Waals surface area contributed by atoms with Crippen LogP contribution in [0.25, 0.3) is 11.3 Å². The number of ether oxygens (including phenoxy) is 2. The Bertz CT molecular complexity index is 711. The average Bonchev–Trinajstić information content (AvgIpc) is 3.29. The topological polar surface area (TPSA) is 68.3 Å². The number of hydrogen-bond donors (Lipinski definition) is 2. The summed E-state index contributed by atoms with van der Waals surface area (Å²) >= 11 is 0. The van der Waals surface area contributed by atoms with Crippen LogP contribution in [0, 0.1) is 0 Å². The number of rotatable bonds is 5. The van der Waals surface area contributed by atoms with E-state index in [0.29, 0.717) is 12.6 Å². The van der Waals surface area contributed by atoms with Crippen LogP contribution >= 0.6 is 0 Å². The van der Waals surface area contributed by atoms with Gasteiger partial charge in [0.15, 0.2) is 5.82 Å². The van der Waals surface area contributed by atoms with Gasteiger partial charge in [0.05, 0.1) is 36.2 Å². The Kier molecular flexibility index (Phi) is 4.55. The highest BCUT2D eigenvalue weighted by Gasteiger charge is 2.31. The first-order chi connectivity index (χ1) is 12.2. The average molecular weight is 340 g/mol. The first-order valence-corrected chi connectivity index (χ1v) is 8.84. The lowest BCUT2D eigenvalue weighted by molar-refractivity contribution is 0.185. The number of aromatic nitrogens is 2. The molecule has 0 radical (unpaired) electrons. The van der Waals surface area contributed by atoms with Crippen molar-refractivity contribution in [1.29, 1.82) is 0 Å². The molecule has 0 aromatic carbocycles. The van der Waals surface area contributed by atoms with E-state index in [0.717, 1.165) is 55.4 Å². The van der Waals surface area contributed by atoms with Gasteiger partial charge in [-0.3, -0.25) is 4.98 Å². The summed E-state index contributed by atoms with van der Waals surface area (Å²) in [6, 6.07) is 8.44. The summed E-state index contributed by atoms with van der Waals surface area (Å²) < 4.78 is 11.1. The highest BCUT2D eigenvalue weighted by molar-refractivity contribution is 5.71. The molecule has 2 atom stereocenters. The third-order valence-corrected chi connectivity index (χ3v) is 4.80. The lowest BCUT2D eigenvalue weighted by atomic mass is 10.0. The predicted molar refractivity (Wildman–Crippen MR) is 97.8 cm³/mol. The number of hydrogen-bond acceptors (Lipinski definition) is 6. The zero-order valence-electron chi connectivity index (χ0n) is 14.5. The van der Waals surface area contributed by atoms with Gasteiger partial charge in [0.2, 0.25) is 0 Å². The van der Waals surface area contributed by atoms with E-state index in [4.69, 9.17) is 14.5 Å². The predicted octanol–water partition coefficient (Wildman–Crippen LogP) is 2.94. The number of pyridine rings is 2. The fourth-order valence-corrected chi connectivity index (χ4v) is 3.27. The third kappa shape index (κ3) is 3.75. The van der Waals surface area contributed by atoms with Crippen molar-refractivity contribution in [1.82, 2.24) is 9.97 Å². The molecule has 0 saturated carbocycles. The summed E-state index contributed by atoms with van der Waals surface area (Å²) in [6.07, 6.45) is 5.57. The van der Waals surface area contributed by atoms with Crippen molar-refractivity contribution >= 4 is 11.5 Å². The van der Waals surface area contributed by atoms with Crippen molar-refractivity contribution in [3.05, 3.63) is 36.7 Å². The lowest BCUT2D eigenvalue weighted by Gasteiger charge is -2.27. The summed E-state index contributed by atoms with van der Waals surface area (Å²) in [5.41, 5.74) is 2.91. The van der Waals surface area contributed by atoms with Crippen LogP contribution in [0.1, 0.15) is 19.8 Å². The van der Waals surface area contributed by atoms with Crippen molar-refractivity contribution in [3.8, 4) is 11.3 Å². The van der Waals surface area contributed by atoms with Gasteiger partial charge < -0.3 is 20.1 Å². The summed E-state index contributed by atoms with van der Waals surface area (Å²) in [4.78, 5) is 8.98. The zero-order chi connectivity index (χ0) is 17.1. The molecule has 0 bridgehead atoms. The van der Waals surface area contributed by atoms with Gasteiger partial charge in [0, 0.05) is 31.2 Å². The maximum absolute atomic E-state index is 5.58. The molecule has 0 spiro atoms. The Morgan fingerprint density at radius 3 is 2.72 bits per heavy atom. The molecule has 0 aliphatic carbocycles. The first-order valence-electron chi connectivity index (χ1n) is 8.84. The van der Waals surface area contributed by atoms with Gasteiger partial charge in [0.25, 0.3) is 0 Å². The monoisotopic (exact) mass is 340 g/mol. The molecule has 2 N–H and O–H groups in total. The summed E-state index contributed by atoms with van der Waals surface area (Å²) in [6.45, 7) is 5.22. The van der Waals surface area contributed by atoms with Crippen LogP contribution in [0.15, 0.2) is 36.7 Å². The maximum atomic E-state index is 5.58. The van der Waals surface area contributed by atoms with Gasteiger partial charge in [-0.2, -0.15) is 0 Å². The van der Waals surface area contributed by atoms with E-state index in [1.807, 2.05) is 18.2 Å². The van der Waals surface area contributed by atoms with Crippen LogP contribution in [-0.4, -0.2) is 48.0 Å². The molecule has 6 heteroatoms. The molecular weight excluding hydrogens is 316 g/mol. The van der Waals surface area contributed by atoms with Gasteiger partial charge in [-0.05, 0) is 44.0 Å². The van der Waals surface area contributed by atoms with E-state index < -0.39 is 0 Å². The van der Waals surface area contributed by atoms with Crippen LogP contribution in [0.5, 0.6) is 0 Å². The van der Waals surface area contributed by atoms with E-state index in [2.05, 4.69) is 28.6 Å². The van der Waals surface area contributed by atoms with Gasteiger partial charge in [0.1, 0.15) is 0 Å². The van der Waals surface area contributed by atoms with Gasteiger partial charge in [-0.25, -0.2) is 4.98 Å². The highest BCUT2D eigenvalue weighted by atomic mass is 16.5. The largest absolute Gasteiger partial charge is 0.379 e. The quantitative estimate of drug-likeness (QED) is 0.872. The van der Waals surface area contributed by atoms with Crippen molar-refractivity contribution in [2.75, 3.05) is 37.1 Å². The molecule has 4 heterocycles. The summed E-state index contributed by atoms with van der Waals surface area (Å²) in [7, 11) is 0. The smallest absolute Gasteiger partial charge is 0.150 e. The Morgan fingerprint density at radius 1 is 1.12 bits per heavy atom. The minimum Gasteiger partial charge on any atom is -0.379 e. The molecule has 2 saturated heterocycles. The van der Waals surface area contributed by atoms with Gasteiger partial charge in [-0.1, -0.05) is 0 Å². The number of nitrogens with zero attached hydrogens (tertiary/aromatic N) is 2. The van der Waals surface area contributed by atoms with Gasteiger partial charge >= 0.3 is 0 Å². The van der Waals surface area contributed by atoms with Crippen LogP contribution in [0.2, 0.25) is 0 Å². The van der Waals surface area contributed by atoms with Crippen LogP contribution in [0.3, 0.4) is 0 Å². The van der Waals surface area contributed by atoms with Crippen molar-refractivity contribution < 1.29 is 9.47 Å². The number of nitrogens with one attached hydrogen (secondary N) is 2. The Balaban J connectivity index is 1.65. The van der Waals surface area contributed by atoms with Gasteiger partial charge in [-0.15, -0.1) is 0 Å². The molecule has 2 fully saturated rings. The van der Waals surface area contributed by atoms with E-state index in [-0.39, 0.29) is 5.54 Å². The minimum atomic E-state index is -0.0908. The molecular formula is C19H24N4O2. The molecule has 2 aromatic heterocycles. The van der Waals surface area contributed by atoms with Crippen molar-refractivity contribution in [3.63, 3.8) is 0 Å². The fraction of sp³-hybridized carbons (Fsp3) is 0.474. The summed E-state index contributed by atoms with van der Waals surface area (Å²) in [5, 5.41) is 7.19. The zero-order valence-corrected chi connectivity index (χ0v) is 14.5.